The van der Waals surface area contributed by atoms with E-state index < -0.39 is 0 Å². The van der Waals surface area contributed by atoms with Crippen molar-refractivity contribution in [1.29, 1.82) is 10.5 Å². The zero-order valence-corrected chi connectivity index (χ0v) is 25.5. The number of aromatic nitrogens is 1. The summed E-state index contributed by atoms with van der Waals surface area (Å²) in [6.07, 6.45) is 0. The second kappa shape index (κ2) is 9.16. The van der Waals surface area contributed by atoms with Crippen LogP contribution in [0.5, 0.6) is 0 Å². The van der Waals surface area contributed by atoms with Gasteiger partial charge in [0.25, 0.3) is 0 Å². The number of hydrogen-bond acceptors (Lipinski definition) is 3. The molecule has 8 aromatic rings. The molecule has 3 nitrogen and oxygen atoms in total. The summed E-state index contributed by atoms with van der Waals surface area (Å²) < 4.78 is 4.85. The molecule has 0 bridgehead atoms. The molecule has 0 fully saturated rings. The van der Waals surface area contributed by atoms with Gasteiger partial charge in [0.1, 0.15) is 0 Å². The normalized spacial score (nSPS) is 13.2. The standard InChI is InChI=1S/C41H25N3S/c1-41(2)33-9-5-3-8-29(33)39-34(41)15-14-28-32-21-26(13-18-38(32)45-40(28)39)30-19-24(22-42)11-16-36(30)44-35-10-6-4-7-27(35)31-20-25(23-43)12-17-37(31)44/h3-21H,1-2H3. The minimum Gasteiger partial charge on any atom is -0.309 e. The van der Waals surface area contributed by atoms with Crippen molar-refractivity contribution in [3.63, 3.8) is 0 Å². The Bertz CT molecular complexity index is 2650. The van der Waals surface area contributed by atoms with Gasteiger partial charge in [-0.2, -0.15) is 10.5 Å². The van der Waals surface area contributed by atoms with E-state index in [2.05, 4.69) is 103 Å². The van der Waals surface area contributed by atoms with Crippen LogP contribution in [-0.2, 0) is 5.41 Å². The first-order valence-corrected chi connectivity index (χ1v) is 15.9. The molecule has 0 amide bonds. The lowest BCUT2D eigenvalue weighted by molar-refractivity contribution is 0.661. The predicted molar refractivity (Wildman–Crippen MR) is 186 cm³/mol. The largest absolute Gasteiger partial charge is 0.309 e. The van der Waals surface area contributed by atoms with E-state index in [1.807, 2.05) is 53.8 Å². The summed E-state index contributed by atoms with van der Waals surface area (Å²) in [4.78, 5) is 0. The van der Waals surface area contributed by atoms with Crippen molar-refractivity contribution in [2.75, 3.05) is 0 Å². The molecule has 2 heterocycles. The van der Waals surface area contributed by atoms with Crippen molar-refractivity contribution in [3.8, 4) is 40.1 Å². The SMILES string of the molecule is CC1(C)c2ccccc2-c2c1ccc1c2sc2ccc(-c3cc(C#N)ccc3-n3c4ccccc4c4cc(C#N)ccc43)cc21. The number of rotatable bonds is 2. The van der Waals surface area contributed by atoms with E-state index in [-0.39, 0.29) is 5.41 Å². The Labute approximate surface area is 264 Å². The summed E-state index contributed by atoms with van der Waals surface area (Å²) in [6.45, 7) is 4.66. The number of benzene rings is 6. The lowest BCUT2D eigenvalue weighted by Crippen LogP contribution is -2.14. The zero-order valence-electron chi connectivity index (χ0n) is 24.7. The van der Waals surface area contributed by atoms with Crippen molar-refractivity contribution in [2.45, 2.75) is 19.3 Å². The number of fused-ring (bicyclic) bond motifs is 10. The molecule has 45 heavy (non-hydrogen) atoms. The van der Waals surface area contributed by atoms with E-state index in [9.17, 15) is 10.5 Å². The number of nitrogens with zero attached hydrogens (tertiary/aromatic N) is 3. The Kier molecular flexibility index (Phi) is 5.25. The zero-order chi connectivity index (χ0) is 30.4. The molecule has 0 N–H and O–H groups in total. The van der Waals surface area contributed by atoms with Gasteiger partial charge in [-0.25, -0.2) is 0 Å². The van der Waals surface area contributed by atoms with Crippen LogP contribution in [0.1, 0.15) is 36.1 Å². The molecular formula is C41H25N3S. The van der Waals surface area contributed by atoms with Crippen LogP contribution in [-0.4, -0.2) is 4.57 Å². The second-order valence-corrected chi connectivity index (χ2v) is 13.4. The average Bonchev–Trinajstić information content (AvgIpc) is 3.69. The van der Waals surface area contributed by atoms with E-state index in [1.54, 1.807) is 0 Å². The molecule has 1 aliphatic carbocycles. The monoisotopic (exact) mass is 591 g/mol. The third-order valence-electron chi connectivity index (χ3n) is 9.66. The molecule has 2 aromatic heterocycles. The smallest absolute Gasteiger partial charge is 0.0991 e. The van der Waals surface area contributed by atoms with E-state index >= 15 is 0 Å². The van der Waals surface area contributed by atoms with Crippen LogP contribution in [0.25, 0.3) is 69.9 Å². The van der Waals surface area contributed by atoms with Crippen LogP contribution in [0.15, 0.2) is 115 Å². The Morgan fingerprint density at radius 2 is 1.36 bits per heavy atom. The van der Waals surface area contributed by atoms with E-state index in [1.165, 1.54) is 42.4 Å². The average molecular weight is 592 g/mol. The fraction of sp³-hybridized carbons (Fsp3) is 0.0732. The fourth-order valence-corrected chi connectivity index (χ4v) is 8.77. The first-order valence-electron chi connectivity index (χ1n) is 15.1. The topological polar surface area (TPSA) is 52.5 Å². The first-order chi connectivity index (χ1) is 22.0. The van der Waals surface area contributed by atoms with Gasteiger partial charge < -0.3 is 4.57 Å². The van der Waals surface area contributed by atoms with Gasteiger partial charge in [-0.1, -0.05) is 74.5 Å². The highest BCUT2D eigenvalue weighted by Crippen LogP contribution is 2.54. The van der Waals surface area contributed by atoms with Gasteiger partial charge in [-0.15, -0.1) is 11.3 Å². The third kappa shape index (κ3) is 3.49. The van der Waals surface area contributed by atoms with Crippen LogP contribution in [0, 0.1) is 22.7 Å². The van der Waals surface area contributed by atoms with E-state index in [0.717, 1.165) is 38.6 Å². The van der Waals surface area contributed by atoms with Crippen LogP contribution in [0.4, 0.5) is 0 Å². The minimum absolute atomic E-state index is 0.0373. The number of nitriles is 2. The van der Waals surface area contributed by atoms with Gasteiger partial charge in [-0.3, -0.25) is 0 Å². The maximum Gasteiger partial charge on any atom is 0.0991 e. The lowest BCUT2D eigenvalue weighted by atomic mass is 9.82. The van der Waals surface area contributed by atoms with E-state index in [4.69, 9.17) is 0 Å². The fourth-order valence-electron chi connectivity index (χ4n) is 7.52. The van der Waals surface area contributed by atoms with Gasteiger partial charge in [0, 0.05) is 47.5 Å². The van der Waals surface area contributed by atoms with Crippen LogP contribution in [0.2, 0.25) is 0 Å². The summed E-state index contributed by atoms with van der Waals surface area (Å²) >= 11 is 1.87. The van der Waals surface area contributed by atoms with Gasteiger partial charge >= 0.3 is 0 Å². The van der Waals surface area contributed by atoms with Gasteiger partial charge in [0.2, 0.25) is 0 Å². The van der Waals surface area contributed by atoms with Crippen molar-refractivity contribution in [1.82, 2.24) is 4.57 Å². The molecule has 6 aromatic carbocycles. The van der Waals surface area contributed by atoms with Crippen molar-refractivity contribution in [2.24, 2.45) is 0 Å². The molecule has 0 saturated carbocycles. The second-order valence-electron chi connectivity index (χ2n) is 12.4. The van der Waals surface area contributed by atoms with Crippen LogP contribution < -0.4 is 0 Å². The molecule has 0 saturated heterocycles. The predicted octanol–water partition coefficient (Wildman–Crippen LogP) is 10.9. The number of hydrogen-bond donors (Lipinski definition) is 0. The molecule has 0 aliphatic heterocycles. The lowest BCUT2D eigenvalue weighted by Gasteiger charge is -2.21. The molecule has 9 rings (SSSR count). The third-order valence-corrected chi connectivity index (χ3v) is 10.9. The van der Waals surface area contributed by atoms with Crippen molar-refractivity contribution in [3.05, 3.63) is 138 Å². The summed E-state index contributed by atoms with van der Waals surface area (Å²) in [5.74, 6) is 0. The van der Waals surface area contributed by atoms with Crippen LogP contribution in [0.3, 0.4) is 0 Å². The highest BCUT2D eigenvalue weighted by atomic mass is 32.1. The summed E-state index contributed by atoms with van der Waals surface area (Å²) in [5.41, 5.74) is 11.8. The van der Waals surface area contributed by atoms with Crippen molar-refractivity contribution < 1.29 is 0 Å². The Balaban J connectivity index is 1.31. The Morgan fingerprint density at radius 1 is 0.600 bits per heavy atom. The Hall–Kier alpha value is -5.68. The van der Waals surface area contributed by atoms with Gasteiger partial charge in [0.05, 0.1) is 40.0 Å². The highest BCUT2D eigenvalue weighted by molar-refractivity contribution is 7.26. The molecule has 0 radical (unpaired) electrons. The Morgan fingerprint density at radius 3 is 2.22 bits per heavy atom. The molecular weight excluding hydrogens is 567 g/mol. The van der Waals surface area contributed by atoms with Gasteiger partial charge in [-0.05, 0) is 76.9 Å². The minimum atomic E-state index is -0.0373. The molecule has 4 heteroatoms. The maximum absolute atomic E-state index is 9.94. The highest BCUT2D eigenvalue weighted by Gasteiger charge is 2.36. The molecule has 0 unspecified atom stereocenters. The van der Waals surface area contributed by atoms with Gasteiger partial charge in [0.15, 0.2) is 0 Å². The molecule has 210 valence electrons. The number of thiophene rings is 1. The molecule has 0 atom stereocenters. The quantitative estimate of drug-likeness (QED) is 0.201. The van der Waals surface area contributed by atoms with Crippen molar-refractivity contribution >= 4 is 53.3 Å². The maximum atomic E-state index is 9.94. The first kappa shape index (κ1) is 25.8. The molecule has 0 spiro atoms. The number of para-hydroxylation sites is 1. The molecule has 1 aliphatic rings. The summed E-state index contributed by atoms with van der Waals surface area (Å²) in [7, 11) is 0. The summed E-state index contributed by atoms with van der Waals surface area (Å²) in [6, 6.07) is 45.0. The summed E-state index contributed by atoms with van der Waals surface area (Å²) in [5, 5.41) is 24.2. The van der Waals surface area contributed by atoms with Crippen LogP contribution >= 0.6 is 11.3 Å². The van der Waals surface area contributed by atoms with E-state index in [0.29, 0.717) is 11.1 Å².